The van der Waals surface area contributed by atoms with Gasteiger partial charge in [0.1, 0.15) is 0 Å². The molecule has 20 heavy (non-hydrogen) atoms. The quantitative estimate of drug-likeness (QED) is 0.664. The topological polar surface area (TPSA) is 64.4 Å². The highest BCUT2D eigenvalue weighted by Crippen LogP contribution is 2.35. The van der Waals surface area contributed by atoms with Gasteiger partial charge in [0, 0.05) is 12.1 Å². The van der Waals surface area contributed by atoms with E-state index in [9.17, 15) is 10.1 Å². The van der Waals surface area contributed by atoms with Crippen LogP contribution in [0.5, 0.6) is 5.75 Å². The van der Waals surface area contributed by atoms with Crippen molar-refractivity contribution >= 4 is 28.9 Å². The summed E-state index contributed by atoms with van der Waals surface area (Å²) in [6.07, 6.45) is 3.20. The zero-order valence-electron chi connectivity index (χ0n) is 10.9. The standard InChI is InChI=1S/C13H16Cl2N2O3/c14-10-6-12(17(18)19)13(7-11(10)15)20-5-3-9-2-1-4-16-8-9/h6-7,9,16H,1-5,8H2. The van der Waals surface area contributed by atoms with Crippen LogP contribution in [-0.2, 0) is 0 Å². The maximum atomic E-state index is 11.0. The van der Waals surface area contributed by atoms with E-state index >= 15 is 0 Å². The molecule has 0 amide bonds. The predicted molar refractivity (Wildman–Crippen MR) is 78.8 cm³/mol. The summed E-state index contributed by atoms with van der Waals surface area (Å²) < 4.78 is 5.52. The number of nitro benzene ring substituents is 1. The Bertz CT molecular complexity index is 491. The highest BCUT2D eigenvalue weighted by molar-refractivity contribution is 6.42. The first-order valence-electron chi connectivity index (χ1n) is 6.55. The molecular formula is C13H16Cl2N2O3. The number of halogens is 2. The third-order valence-electron chi connectivity index (χ3n) is 3.38. The fraction of sp³-hybridized carbons (Fsp3) is 0.538. The van der Waals surface area contributed by atoms with Gasteiger partial charge in [0.15, 0.2) is 5.75 Å². The molecule has 1 unspecified atom stereocenters. The largest absolute Gasteiger partial charge is 0.487 e. The molecule has 0 saturated carbocycles. The van der Waals surface area contributed by atoms with Crippen LogP contribution in [0.4, 0.5) is 5.69 Å². The molecule has 1 aromatic rings. The van der Waals surface area contributed by atoms with Crippen molar-refractivity contribution in [3.63, 3.8) is 0 Å². The molecule has 0 aromatic heterocycles. The van der Waals surface area contributed by atoms with Crippen LogP contribution in [-0.4, -0.2) is 24.6 Å². The molecule has 1 atom stereocenters. The summed E-state index contributed by atoms with van der Waals surface area (Å²) in [6.45, 7) is 2.48. The Hall–Kier alpha value is -1.04. The van der Waals surface area contributed by atoms with Gasteiger partial charge in [0.25, 0.3) is 0 Å². The van der Waals surface area contributed by atoms with E-state index in [1.807, 2.05) is 0 Å². The van der Waals surface area contributed by atoms with Crippen LogP contribution in [0.25, 0.3) is 0 Å². The van der Waals surface area contributed by atoms with Gasteiger partial charge in [0.2, 0.25) is 0 Å². The van der Waals surface area contributed by atoms with Gasteiger partial charge >= 0.3 is 5.69 Å². The number of nitrogens with zero attached hydrogens (tertiary/aromatic N) is 1. The molecule has 1 aliphatic heterocycles. The van der Waals surface area contributed by atoms with Gasteiger partial charge in [-0.3, -0.25) is 10.1 Å². The molecular weight excluding hydrogens is 303 g/mol. The first kappa shape index (κ1) is 15.4. The molecule has 0 spiro atoms. The highest BCUT2D eigenvalue weighted by atomic mass is 35.5. The lowest BCUT2D eigenvalue weighted by molar-refractivity contribution is -0.385. The Balaban J connectivity index is 1.97. The molecule has 0 bridgehead atoms. The molecule has 2 rings (SSSR count). The van der Waals surface area contributed by atoms with E-state index in [2.05, 4.69) is 5.32 Å². The molecule has 7 heteroatoms. The van der Waals surface area contributed by atoms with Crippen LogP contribution in [0, 0.1) is 16.0 Å². The minimum absolute atomic E-state index is 0.152. The summed E-state index contributed by atoms with van der Waals surface area (Å²) in [4.78, 5) is 10.4. The van der Waals surface area contributed by atoms with Crippen molar-refractivity contribution < 1.29 is 9.66 Å². The summed E-state index contributed by atoms with van der Waals surface area (Å²) >= 11 is 11.7. The molecule has 1 saturated heterocycles. The van der Waals surface area contributed by atoms with Crippen LogP contribution in [0.2, 0.25) is 10.0 Å². The molecule has 1 aromatic carbocycles. The number of hydrogen-bond donors (Lipinski definition) is 1. The van der Waals surface area contributed by atoms with Gasteiger partial charge in [-0.05, 0) is 38.3 Å². The average Bonchev–Trinajstić information content (AvgIpc) is 2.43. The number of nitrogens with one attached hydrogen (secondary N) is 1. The number of piperidine rings is 1. The van der Waals surface area contributed by atoms with Crippen LogP contribution >= 0.6 is 23.2 Å². The predicted octanol–water partition coefficient (Wildman–Crippen LogP) is 3.67. The molecule has 1 N–H and O–H groups in total. The molecule has 5 nitrogen and oxygen atoms in total. The van der Waals surface area contributed by atoms with Crippen molar-refractivity contribution in [1.82, 2.24) is 5.32 Å². The van der Waals surface area contributed by atoms with E-state index in [1.165, 1.54) is 18.6 Å². The minimum atomic E-state index is -0.514. The number of hydrogen-bond acceptors (Lipinski definition) is 4. The van der Waals surface area contributed by atoms with Gasteiger partial charge in [-0.2, -0.15) is 0 Å². The smallest absolute Gasteiger partial charge is 0.312 e. The second-order valence-corrected chi connectivity index (χ2v) is 5.66. The van der Waals surface area contributed by atoms with E-state index in [1.54, 1.807) is 0 Å². The molecule has 110 valence electrons. The number of nitro groups is 1. The fourth-order valence-electron chi connectivity index (χ4n) is 2.28. The molecule has 1 fully saturated rings. The third-order valence-corrected chi connectivity index (χ3v) is 4.10. The van der Waals surface area contributed by atoms with Gasteiger partial charge in [0.05, 0.1) is 21.6 Å². The van der Waals surface area contributed by atoms with Gasteiger partial charge in [-0.1, -0.05) is 23.2 Å². The van der Waals surface area contributed by atoms with Crippen molar-refractivity contribution in [2.45, 2.75) is 19.3 Å². The van der Waals surface area contributed by atoms with E-state index in [0.29, 0.717) is 12.5 Å². The van der Waals surface area contributed by atoms with Gasteiger partial charge in [-0.25, -0.2) is 0 Å². The summed E-state index contributed by atoms with van der Waals surface area (Å²) in [5.74, 6) is 0.735. The Morgan fingerprint density at radius 2 is 2.15 bits per heavy atom. The van der Waals surface area contributed by atoms with Crippen molar-refractivity contribution in [2.75, 3.05) is 19.7 Å². The minimum Gasteiger partial charge on any atom is -0.487 e. The lowest BCUT2D eigenvalue weighted by atomic mass is 9.97. The second kappa shape index (κ2) is 7.11. The van der Waals surface area contributed by atoms with Crippen molar-refractivity contribution in [1.29, 1.82) is 0 Å². The normalized spacial score (nSPS) is 18.8. The Morgan fingerprint density at radius 3 is 2.80 bits per heavy atom. The van der Waals surface area contributed by atoms with E-state index in [-0.39, 0.29) is 21.5 Å². The van der Waals surface area contributed by atoms with Crippen molar-refractivity contribution in [3.05, 3.63) is 32.3 Å². The molecule has 0 radical (unpaired) electrons. The Morgan fingerprint density at radius 1 is 1.40 bits per heavy atom. The average molecular weight is 319 g/mol. The van der Waals surface area contributed by atoms with Crippen LogP contribution in [0.3, 0.4) is 0 Å². The first-order chi connectivity index (χ1) is 9.58. The van der Waals surface area contributed by atoms with E-state index in [0.717, 1.165) is 25.9 Å². The maximum absolute atomic E-state index is 11.0. The summed E-state index contributed by atoms with van der Waals surface area (Å²) in [6, 6.07) is 2.63. The summed E-state index contributed by atoms with van der Waals surface area (Å²) in [5.41, 5.74) is -0.152. The summed E-state index contributed by atoms with van der Waals surface area (Å²) in [7, 11) is 0. The Kier molecular flexibility index (Phi) is 5.46. The maximum Gasteiger partial charge on any atom is 0.312 e. The number of rotatable bonds is 5. The number of ether oxygens (including phenoxy) is 1. The Labute approximate surface area is 127 Å². The molecule has 1 aliphatic rings. The number of benzene rings is 1. The van der Waals surface area contributed by atoms with E-state index < -0.39 is 4.92 Å². The van der Waals surface area contributed by atoms with E-state index in [4.69, 9.17) is 27.9 Å². The van der Waals surface area contributed by atoms with Crippen LogP contribution in [0.1, 0.15) is 19.3 Å². The highest BCUT2D eigenvalue weighted by Gasteiger charge is 2.19. The van der Waals surface area contributed by atoms with Crippen LogP contribution < -0.4 is 10.1 Å². The van der Waals surface area contributed by atoms with Gasteiger partial charge in [-0.15, -0.1) is 0 Å². The summed E-state index contributed by atoms with van der Waals surface area (Å²) in [5, 5.41) is 14.7. The fourth-order valence-corrected chi connectivity index (χ4v) is 2.59. The van der Waals surface area contributed by atoms with Crippen LogP contribution in [0.15, 0.2) is 12.1 Å². The lowest BCUT2D eigenvalue weighted by Gasteiger charge is -2.22. The third kappa shape index (κ3) is 3.98. The zero-order valence-corrected chi connectivity index (χ0v) is 12.4. The first-order valence-corrected chi connectivity index (χ1v) is 7.30. The van der Waals surface area contributed by atoms with Gasteiger partial charge < -0.3 is 10.1 Å². The molecule has 0 aliphatic carbocycles. The van der Waals surface area contributed by atoms with Crippen molar-refractivity contribution in [2.24, 2.45) is 5.92 Å². The lowest BCUT2D eigenvalue weighted by Crippen LogP contribution is -2.30. The molecule has 1 heterocycles. The zero-order chi connectivity index (χ0) is 14.5. The second-order valence-electron chi connectivity index (χ2n) is 4.84. The SMILES string of the molecule is O=[N+]([O-])c1cc(Cl)c(Cl)cc1OCCC1CCCNC1. The monoisotopic (exact) mass is 318 g/mol. The van der Waals surface area contributed by atoms with Crippen molar-refractivity contribution in [3.8, 4) is 5.75 Å².